The van der Waals surface area contributed by atoms with E-state index in [0.717, 1.165) is 64.1 Å². The summed E-state index contributed by atoms with van der Waals surface area (Å²) in [4.78, 5) is 14.9. The minimum Gasteiger partial charge on any atom is -0.496 e. The van der Waals surface area contributed by atoms with Crippen LogP contribution in [0.4, 0.5) is 0 Å². The summed E-state index contributed by atoms with van der Waals surface area (Å²) in [5.74, 6) is 1.39. The number of aryl methyl sites for hydroxylation is 1. The smallest absolute Gasteiger partial charge is 0.246 e. The normalized spacial score (nSPS) is 17.4. The van der Waals surface area contributed by atoms with Crippen LogP contribution >= 0.6 is 0 Å². The first-order chi connectivity index (χ1) is 14.5. The van der Waals surface area contributed by atoms with Crippen molar-refractivity contribution in [3.8, 4) is 16.9 Å². The molecule has 1 aromatic heterocycles. The quantitative estimate of drug-likeness (QED) is 0.496. The molecule has 0 N–H and O–H groups in total. The van der Waals surface area contributed by atoms with Gasteiger partial charge in [-0.3, -0.25) is 4.79 Å². The molecule has 0 aliphatic carbocycles. The first-order valence-corrected chi connectivity index (χ1v) is 10.6. The molecule has 4 rings (SSSR count). The molecule has 0 saturated carbocycles. The van der Waals surface area contributed by atoms with Crippen LogP contribution in [0.25, 0.3) is 27.7 Å². The lowest BCUT2D eigenvalue weighted by Crippen LogP contribution is -2.38. The van der Waals surface area contributed by atoms with Crippen molar-refractivity contribution in [2.75, 3.05) is 20.2 Å². The molecule has 0 spiro atoms. The molecular formula is C26H29NO3. The van der Waals surface area contributed by atoms with Gasteiger partial charge < -0.3 is 14.1 Å². The van der Waals surface area contributed by atoms with E-state index in [-0.39, 0.29) is 5.91 Å². The van der Waals surface area contributed by atoms with Crippen molar-refractivity contribution in [1.29, 1.82) is 0 Å². The van der Waals surface area contributed by atoms with E-state index in [1.807, 2.05) is 36.9 Å². The number of carbonyl (C=O) groups excluding carboxylic acids is 1. The molecular weight excluding hydrogens is 374 g/mol. The molecule has 4 nitrogen and oxygen atoms in total. The van der Waals surface area contributed by atoms with Crippen LogP contribution in [-0.4, -0.2) is 31.0 Å². The number of fused-ring (bicyclic) bond motifs is 1. The largest absolute Gasteiger partial charge is 0.496 e. The molecule has 2 heterocycles. The Kier molecular flexibility index (Phi) is 5.67. The highest BCUT2D eigenvalue weighted by Gasteiger charge is 2.22. The van der Waals surface area contributed by atoms with Crippen LogP contribution in [0.5, 0.6) is 5.75 Å². The molecule has 1 unspecified atom stereocenters. The van der Waals surface area contributed by atoms with E-state index in [2.05, 4.69) is 25.1 Å². The fraction of sp³-hybridized carbons (Fsp3) is 0.346. The number of hydrogen-bond donors (Lipinski definition) is 0. The molecule has 2 aromatic carbocycles. The molecule has 1 amide bonds. The fourth-order valence-corrected chi connectivity index (χ4v) is 4.46. The molecule has 156 valence electrons. The van der Waals surface area contributed by atoms with E-state index in [9.17, 15) is 4.79 Å². The first kappa shape index (κ1) is 20.3. The number of amides is 1. The van der Waals surface area contributed by atoms with Gasteiger partial charge in [-0.15, -0.1) is 0 Å². The van der Waals surface area contributed by atoms with E-state index < -0.39 is 0 Å². The topological polar surface area (TPSA) is 42.7 Å². The third-order valence-electron chi connectivity index (χ3n) is 6.07. The van der Waals surface area contributed by atoms with Crippen LogP contribution in [0.3, 0.4) is 0 Å². The fourth-order valence-electron chi connectivity index (χ4n) is 4.46. The maximum Gasteiger partial charge on any atom is 0.246 e. The summed E-state index contributed by atoms with van der Waals surface area (Å²) in [5.41, 5.74) is 5.74. The summed E-state index contributed by atoms with van der Waals surface area (Å²) in [6.45, 7) is 7.86. The molecule has 1 aliphatic heterocycles. The van der Waals surface area contributed by atoms with Crippen molar-refractivity contribution in [2.45, 2.75) is 33.6 Å². The van der Waals surface area contributed by atoms with Gasteiger partial charge in [-0.25, -0.2) is 0 Å². The van der Waals surface area contributed by atoms with Gasteiger partial charge in [0.15, 0.2) is 0 Å². The summed E-state index contributed by atoms with van der Waals surface area (Å²) in [7, 11) is 1.67. The summed E-state index contributed by atoms with van der Waals surface area (Å²) < 4.78 is 11.7. The average molecular weight is 404 g/mol. The van der Waals surface area contributed by atoms with Crippen LogP contribution in [0.2, 0.25) is 0 Å². The highest BCUT2D eigenvalue weighted by molar-refractivity contribution is 6.01. The Morgan fingerprint density at radius 2 is 2.03 bits per heavy atom. The lowest BCUT2D eigenvalue weighted by molar-refractivity contribution is -0.127. The van der Waals surface area contributed by atoms with Gasteiger partial charge in [-0.2, -0.15) is 0 Å². The predicted molar refractivity (Wildman–Crippen MR) is 122 cm³/mol. The van der Waals surface area contributed by atoms with Gasteiger partial charge in [0.1, 0.15) is 11.3 Å². The molecule has 30 heavy (non-hydrogen) atoms. The highest BCUT2D eigenvalue weighted by Crippen LogP contribution is 2.40. The molecule has 3 aromatic rings. The average Bonchev–Trinajstić information content (AvgIpc) is 3.18. The predicted octanol–water partition coefficient (Wildman–Crippen LogP) is 6.08. The molecule has 1 saturated heterocycles. The number of carbonyl (C=O) groups is 1. The molecule has 1 atom stereocenters. The van der Waals surface area contributed by atoms with Gasteiger partial charge >= 0.3 is 0 Å². The molecule has 4 heteroatoms. The van der Waals surface area contributed by atoms with E-state index in [1.165, 1.54) is 6.42 Å². The standard InChI is InChI=1S/C26H29NO3/c1-17-9-8-12-27(15-17)24(28)13-18(2)21-14-22-23(20-10-6-5-7-11-20)16-30-26(22)19(3)25(21)29-4/h5-7,10-11,13-14,16-17H,8-9,12,15H2,1-4H3/b18-13+. The SMILES string of the molecule is COc1c(/C(C)=C/C(=O)N2CCCC(C)C2)cc2c(-c3ccccc3)coc2c1C. The molecule has 0 radical (unpaired) electrons. The second-order valence-electron chi connectivity index (χ2n) is 8.33. The number of methoxy groups -OCH3 is 1. The Morgan fingerprint density at radius 1 is 1.27 bits per heavy atom. The molecule has 0 bridgehead atoms. The second kappa shape index (κ2) is 8.39. The Labute approximate surface area is 178 Å². The van der Waals surface area contributed by atoms with E-state index in [0.29, 0.717) is 5.92 Å². The van der Waals surface area contributed by atoms with E-state index in [1.54, 1.807) is 19.4 Å². The molecule has 1 fully saturated rings. The van der Waals surface area contributed by atoms with Crippen LogP contribution in [-0.2, 0) is 4.79 Å². The van der Waals surface area contributed by atoms with Crippen molar-refractivity contribution in [3.05, 3.63) is 59.9 Å². The van der Waals surface area contributed by atoms with Gasteiger partial charge in [0.2, 0.25) is 5.91 Å². The van der Waals surface area contributed by atoms with Crippen molar-refractivity contribution in [2.24, 2.45) is 5.92 Å². The number of hydrogen-bond acceptors (Lipinski definition) is 3. The zero-order valence-corrected chi connectivity index (χ0v) is 18.2. The Balaban J connectivity index is 1.78. The number of likely N-dealkylation sites (tertiary alicyclic amines) is 1. The number of furan rings is 1. The van der Waals surface area contributed by atoms with Gasteiger partial charge in [-0.1, -0.05) is 37.3 Å². The summed E-state index contributed by atoms with van der Waals surface area (Å²) >= 11 is 0. The van der Waals surface area contributed by atoms with Crippen molar-refractivity contribution < 1.29 is 13.9 Å². The number of allylic oxidation sites excluding steroid dienone is 1. The lowest BCUT2D eigenvalue weighted by atomic mass is 9.96. The number of benzene rings is 2. The minimum atomic E-state index is 0.0781. The Hall–Kier alpha value is -3.01. The van der Waals surface area contributed by atoms with Crippen LogP contribution in [0, 0.1) is 12.8 Å². The zero-order chi connectivity index (χ0) is 21.3. The first-order valence-electron chi connectivity index (χ1n) is 10.6. The van der Waals surface area contributed by atoms with Gasteiger partial charge in [-0.05, 0) is 49.8 Å². The van der Waals surface area contributed by atoms with E-state index in [4.69, 9.17) is 9.15 Å². The van der Waals surface area contributed by atoms with Gasteiger partial charge in [0.05, 0.1) is 13.4 Å². The zero-order valence-electron chi connectivity index (χ0n) is 18.2. The maximum atomic E-state index is 12.9. The van der Waals surface area contributed by atoms with Crippen LogP contribution in [0.15, 0.2) is 53.2 Å². The maximum absolute atomic E-state index is 12.9. The van der Waals surface area contributed by atoms with Crippen LogP contribution < -0.4 is 4.74 Å². The minimum absolute atomic E-state index is 0.0781. The summed E-state index contributed by atoms with van der Waals surface area (Å²) in [5, 5.41) is 1.03. The third-order valence-corrected chi connectivity index (χ3v) is 6.07. The molecule has 1 aliphatic rings. The monoisotopic (exact) mass is 403 g/mol. The van der Waals surface area contributed by atoms with Crippen molar-refractivity contribution in [1.82, 2.24) is 4.90 Å². The van der Waals surface area contributed by atoms with Crippen molar-refractivity contribution in [3.63, 3.8) is 0 Å². The second-order valence-corrected chi connectivity index (χ2v) is 8.33. The summed E-state index contributed by atoms with van der Waals surface area (Å²) in [6, 6.07) is 12.3. The van der Waals surface area contributed by atoms with E-state index >= 15 is 0 Å². The lowest BCUT2D eigenvalue weighted by Gasteiger charge is -2.30. The third kappa shape index (κ3) is 3.74. The Morgan fingerprint density at radius 3 is 2.73 bits per heavy atom. The van der Waals surface area contributed by atoms with Crippen LogP contribution in [0.1, 0.15) is 37.8 Å². The number of piperidine rings is 1. The highest BCUT2D eigenvalue weighted by atomic mass is 16.5. The van der Waals surface area contributed by atoms with Gasteiger partial charge in [0.25, 0.3) is 0 Å². The van der Waals surface area contributed by atoms with Crippen molar-refractivity contribution >= 4 is 22.4 Å². The Bertz CT molecular complexity index is 1090. The van der Waals surface area contributed by atoms with Gasteiger partial charge in [0, 0.05) is 41.2 Å². The summed E-state index contributed by atoms with van der Waals surface area (Å²) in [6.07, 6.45) is 5.82. The number of rotatable bonds is 4. The number of nitrogens with zero attached hydrogens (tertiary/aromatic N) is 1. The number of ether oxygens (including phenoxy) is 1.